The fourth-order valence-corrected chi connectivity index (χ4v) is 2.95. The van der Waals surface area contributed by atoms with Crippen LogP contribution in [0.5, 0.6) is 0 Å². The first-order valence-corrected chi connectivity index (χ1v) is 8.32. The molecule has 0 aliphatic carbocycles. The van der Waals surface area contributed by atoms with Crippen molar-refractivity contribution >= 4 is 10.9 Å². The summed E-state index contributed by atoms with van der Waals surface area (Å²) in [7, 11) is 0. The molecule has 4 aromatic rings. The summed E-state index contributed by atoms with van der Waals surface area (Å²) in [5.74, 6) is -0.584. The van der Waals surface area contributed by atoms with Crippen molar-refractivity contribution in [3.8, 4) is 11.4 Å². The zero-order chi connectivity index (χ0) is 19.0. The summed E-state index contributed by atoms with van der Waals surface area (Å²) in [6.07, 6.45) is -1.06. The van der Waals surface area contributed by atoms with Gasteiger partial charge >= 0.3 is 12.1 Å². The quantitative estimate of drug-likeness (QED) is 0.508. The predicted octanol–water partition coefficient (Wildman–Crippen LogP) is 4.64. The van der Waals surface area contributed by atoms with Crippen LogP contribution in [0.15, 0.2) is 45.6 Å². The summed E-state index contributed by atoms with van der Waals surface area (Å²) >= 11 is 0. The van der Waals surface area contributed by atoms with Gasteiger partial charge in [-0.2, -0.15) is 18.2 Å². The Hall–Kier alpha value is -3.10. The van der Waals surface area contributed by atoms with E-state index in [0.29, 0.717) is 5.56 Å². The summed E-state index contributed by atoms with van der Waals surface area (Å²) < 4.78 is 49.4. The molecule has 0 atom stereocenters. The molecule has 6 nitrogen and oxygen atoms in total. The second kappa shape index (κ2) is 6.57. The normalized spacial score (nSPS) is 12.1. The molecule has 0 spiro atoms. The van der Waals surface area contributed by atoms with E-state index in [0.717, 1.165) is 41.7 Å². The Labute approximate surface area is 151 Å². The molecule has 0 amide bonds. The molecule has 3 heterocycles. The lowest BCUT2D eigenvalue weighted by Gasteiger charge is -2.05. The fourth-order valence-electron chi connectivity index (χ4n) is 2.95. The van der Waals surface area contributed by atoms with E-state index < -0.39 is 12.1 Å². The lowest BCUT2D eigenvalue weighted by atomic mass is 10.1. The molecular weight excluding hydrogens is 361 g/mol. The Kier molecular flexibility index (Phi) is 4.21. The number of aryl methyl sites for hydroxylation is 3. The number of rotatable bonds is 5. The summed E-state index contributed by atoms with van der Waals surface area (Å²) in [6, 6.07) is 9.09. The van der Waals surface area contributed by atoms with Crippen molar-refractivity contribution < 1.29 is 22.2 Å². The molecule has 0 saturated carbocycles. The second-order valence-corrected chi connectivity index (χ2v) is 6.24. The molecule has 0 fully saturated rings. The third kappa shape index (κ3) is 3.57. The van der Waals surface area contributed by atoms with Gasteiger partial charge in [-0.15, -0.1) is 0 Å². The van der Waals surface area contributed by atoms with E-state index in [1.165, 1.54) is 0 Å². The zero-order valence-corrected chi connectivity index (χ0v) is 14.3. The van der Waals surface area contributed by atoms with E-state index in [2.05, 4.69) is 24.4 Å². The van der Waals surface area contributed by atoms with Crippen molar-refractivity contribution in [2.75, 3.05) is 0 Å². The van der Waals surface area contributed by atoms with Crippen LogP contribution < -0.4 is 0 Å². The number of nitrogens with zero attached hydrogens (tertiary/aromatic N) is 4. The van der Waals surface area contributed by atoms with Crippen LogP contribution in [0, 0.1) is 6.92 Å². The minimum Gasteiger partial charge on any atom is -0.361 e. The van der Waals surface area contributed by atoms with Crippen LogP contribution in [-0.2, 0) is 19.1 Å². The largest absolute Gasteiger partial charge is 0.471 e. The fraction of sp³-hybridized carbons (Fsp3) is 0.278. The van der Waals surface area contributed by atoms with Gasteiger partial charge in [0.25, 0.3) is 0 Å². The molecule has 27 heavy (non-hydrogen) atoms. The van der Waals surface area contributed by atoms with Gasteiger partial charge in [0.2, 0.25) is 5.82 Å². The predicted molar refractivity (Wildman–Crippen MR) is 89.8 cm³/mol. The van der Waals surface area contributed by atoms with Crippen LogP contribution in [-0.4, -0.2) is 19.9 Å². The van der Waals surface area contributed by atoms with Crippen LogP contribution in [0.4, 0.5) is 13.2 Å². The van der Waals surface area contributed by atoms with Crippen molar-refractivity contribution in [1.29, 1.82) is 0 Å². The van der Waals surface area contributed by atoms with E-state index in [1.54, 1.807) is 12.1 Å². The number of hydrogen-bond acceptors (Lipinski definition) is 5. The Morgan fingerprint density at radius 2 is 1.93 bits per heavy atom. The number of fused-ring (bicyclic) bond motifs is 1. The van der Waals surface area contributed by atoms with Gasteiger partial charge in [-0.05, 0) is 37.6 Å². The molecule has 3 aromatic heterocycles. The standard InChI is InChI=1S/C18H15F3N4O2/c1-11-9-14(26-23-11)3-2-7-25-8-6-12-10-13(4-5-15(12)25)16-22-17(27-24-16)18(19,20)21/h4-6,8-10H,2-3,7H2,1H3. The number of alkyl halides is 3. The lowest BCUT2D eigenvalue weighted by Crippen LogP contribution is -2.04. The maximum atomic E-state index is 12.6. The van der Waals surface area contributed by atoms with Gasteiger partial charge in [-0.3, -0.25) is 0 Å². The van der Waals surface area contributed by atoms with Crippen molar-refractivity contribution in [1.82, 2.24) is 19.9 Å². The molecule has 0 saturated heterocycles. The maximum Gasteiger partial charge on any atom is 0.471 e. The van der Waals surface area contributed by atoms with Crippen LogP contribution in [0.25, 0.3) is 22.3 Å². The SMILES string of the molecule is Cc1cc(CCCn2ccc3cc(-c4noc(C(F)(F)F)n4)ccc32)on1. The van der Waals surface area contributed by atoms with Gasteiger partial charge in [0.1, 0.15) is 5.76 Å². The average molecular weight is 376 g/mol. The molecule has 1 aromatic carbocycles. The summed E-state index contributed by atoms with van der Waals surface area (Å²) in [5, 5.41) is 8.18. The molecular formula is C18H15F3N4O2. The third-order valence-electron chi connectivity index (χ3n) is 4.20. The molecule has 9 heteroatoms. The first kappa shape index (κ1) is 17.3. The van der Waals surface area contributed by atoms with E-state index >= 15 is 0 Å². The topological polar surface area (TPSA) is 69.9 Å². The Balaban J connectivity index is 1.50. The minimum atomic E-state index is -4.65. The Morgan fingerprint density at radius 3 is 2.63 bits per heavy atom. The highest BCUT2D eigenvalue weighted by Gasteiger charge is 2.38. The van der Waals surface area contributed by atoms with Gasteiger partial charge in [0, 0.05) is 41.7 Å². The number of hydrogen-bond donors (Lipinski definition) is 0. The van der Waals surface area contributed by atoms with Crippen LogP contribution >= 0.6 is 0 Å². The van der Waals surface area contributed by atoms with E-state index in [4.69, 9.17) is 4.52 Å². The first-order valence-electron chi connectivity index (χ1n) is 8.32. The molecule has 4 rings (SSSR count). The smallest absolute Gasteiger partial charge is 0.361 e. The first-order chi connectivity index (χ1) is 12.9. The van der Waals surface area contributed by atoms with E-state index in [-0.39, 0.29) is 5.82 Å². The van der Waals surface area contributed by atoms with Gasteiger partial charge in [-0.1, -0.05) is 10.3 Å². The molecule has 0 radical (unpaired) electrons. The van der Waals surface area contributed by atoms with Gasteiger partial charge in [0.05, 0.1) is 5.69 Å². The number of aromatic nitrogens is 4. The highest BCUT2D eigenvalue weighted by Crippen LogP contribution is 2.30. The highest BCUT2D eigenvalue weighted by molar-refractivity contribution is 5.84. The molecule has 0 aliphatic heterocycles. The van der Waals surface area contributed by atoms with Gasteiger partial charge in [-0.25, -0.2) is 0 Å². The van der Waals surface area contributed by atoms with Crippen LogP contribution in [0.2, 0.25) is 0 Å². The summed E-state index contributed by atoms with van der Waals surface area (Å²) in [5.41, 5.74) is 2.31. The Bertz CT molecular complexity index is 1080. The third-order valence-corrected chi connectivity index (χ3v) is 4.20. The second-order valence-electron chi connectivity index (χ2n) is 6.24. The maximum absolute atomic E-state index is 12.6. The molecule has 0 N–H and O–H groups in total. The Morgan fingerprint density at radius 1 is 1.07 bits per heavy atom. The molecule has 0 aliphatic rings. The van der Waals surface area contributed by atoms with Crippen LogP contribution in [0.3, 0.4) is 0 Å². The van der Waals surface area contributed by atoms with Gasteiger partial charge in [0.15, 0.2) is 0 Å². The molecule has 0 bridgehead atoms. The van der Waals surface area contributed by atoms with Crippen molar-refractivity contribution in [2.45, 2.75) is 32.5 Å². The van der Waals surface area contributed by atoms with Crippen molar-refractivity contribution in [3.05, 3.63) is 53.9 Å². The zero-order valence-electron chi connectivity index (χ0n) is 14.3. The number of halogens is 3. The monoisotopic (exact) mass is 376 g/mol. The molecule has 140 valence electrons. The van der Waals surface area contributed by atoms with Crippen molar-refractivity contribution in [2.24, 2.45) is 0 Å². The van der Waals surface area contributed by atoms with E-state index in [1.807, 2.05) is 31.3 Å². The van der Waals surface area contributed by atoms with Gasteiger partial charge < -0.3 is 13.6 Å². The average Bonchev–Trinajstić information content (AvgIpc) is 3.34. The van der Waals surface area contributed by atoms with Crippen LogP contribution in [0.1, 0.15) is 23.8 Å². The minimum absolute atomic E-state index is 0.0855. The van der Waals surface area contributed by atoms with Crippen molar-refractivity contribution in [3.63, 3.8) is 0 Å². The molecule has 0 unspecified atom stereocenters. The summed E-state index contributed by atoms with van der Waals surface area (Å²) in [4.78, 5) is 3.42. The van der Waals surface area contributed by atoms with E-state index in [9.17, 15) is 13.2 Å². The number of benzene rings is 1. The highest BCUT2D eigenvalue weighted by atomic mass is 19.4. The summed E-state index contributed by atoms with van der Waals surface area (Å²) in [6.45, 7) is 2.66. The lowest BCUT2D eigenvalue weighted by molar-refractivity contribution is -0.159.